The van der Waals surface area contributed by atoms with E-state index in [1.807, 2.05) is 0 Å². The van der Waals surface area contributed by atoms with E-state index in [-0.39, 0.29) is 32.7 Å². The van der Waals surface area contributed by atoms with Gasteiger partial charge in [0.25, 0.3) is 11.8 Å². The number of nitrogens with zero attached hydrogens (tertiary/aromatic N) is 1. The fourth-order valence-corrected chi connectivity index (χ4v) is 3.62. The summed E-state index contributed by atoms with van der Waals surface area (Å²) in [6.45, 7) is 0. The Labute approximate surface area is 190 Å². The summed E-state index contributed by atoms with van der Waals surface area (Å²) in [5.41, 5.74) is 0.357. The van der Waals surface area contributed by atoms with Crippen molar-refractivity contribution in [3.05, 3.63) is 82.3 Å². The molecule has 160 valence electrons. The first-order valence-corrected chi connectivity index (χ1v) is 9.83. The monoisotopic (exact) mass is 470 g/mol. The van der Waals surface area contributed by atoms with Gasteiger partial charge in [-0.3, -0.25) is 19.8 Å². The zero-order chi connectivity index (χ0) is 23.0. The Morgan fingerprint density at radius 1 is 1.16 bits per heavy atom. The van der Waals surface area contributed by atoms with Gasteiger partial charge in [-0.2, -0.15) is 0 Å². The molecule has 0 spiro atoms. The largest absolute Gasteiger partial charge is 0.478 e. The topological polar surface area (TPSA) is 99.9 Å². The maximum atomic E-state index is 13.6. The molecule has 1 aromatic heterocycles. The molecule has 0 unspecified atom stereocenters. The Kier molecular flexibility index (Phi) is 5.60. The van der Waals surface area contributed by atoms with Crippen LogP contribution in [0.3, 0.4) is 0 Å². The lowest BCUT2D eigenvalue weighted by atomic mass is 10.1. The number of furan rings is 1. The van der Waals surface area contributed by atoms with Gasteiger partial charge >= 0.3 is 5.97 Å². The lowest BCUT2D eigenvalue weighted by Crippen LogP contribution is -2.54. The molecule has 2 heterocycles. The normalized spacial score (nSPS) is 15.2. The van der Waals surface area contributed by atoms with E-state index in [2.05, 4.69) is 5.32 Å². The number of carboxylic acid groups (broad SMARTS) is 1. The Bertz CT molecular complexity index is 1330. The van der Waals surface area contributed by atoms with Gasteiger partial charge in [-0.05, 0) is 60.8 Å². The number of aromatic carboxylic acids is 1. The molecule has 2 aromatic carbocycles. The first-order valence-electron chi connectivity index (χ1n) is 9.04. The molecule has 32 heavy (non-hydrogen) atoms. The lowest BCUT2D eigenvalue weighted by Gasteiger charge is -2.28. The molecule has 7 nitrogen and oxygen atoms in total. The number of hydrogen-bond acceptors (Lipinski definition) is 5. The van der Waals surface area contributed by atoms with Gasteiger partial charge in [0.15, 0.2) is 5.11 Å². The van der Waals surface area contributed by atoms with Crippen LogP contribution in [0.1, 0.15) is 16.1 Å². The van der Waals surface area contributed by atoms with Crippen LogP contribution in [0.15, 0.2) is 64.6 Å². The highest BCUT2D eigenvalue weighted by Crippen LogP contribution is 2.29. The van der Waals surface area contributed by atoms with Crippen molar-refractivity contribution in [3.8, 4) is 11.3 Å². The molecule has 0 bridgehead atoms. The van der Waals surface area contributed by atoms with E-state index in [4.69, 9.17) is 33.3 Å². The average molecular weight is 471 g/mol. The summed E-state index contributed by atoms with van der Waals surface area (Å²) in [5.74, 6) is -2.66. The van der Waals surface area contributed by atoms with E-state index in [0.717, 1.165) is 11.0 Å². The molecule has 1 aliphatic heterocycles. The molecule has 0 saturated carbocycles. The average Bonchev–Trinajstić information content (AvgIpc) is 3.19. The zero-order valence-corrected chi connectivity index (χ0v) is 17.5. The van der Waals surface area contributed by atoms with Crippen LogP contribution in [0.5, 0.6) is 0 Å². The number of hydrogen-bond donors (Lipinski definition) is 2. The quantitative estimate of drug-likeness (QED) is 0.335. The minimum atomic E-state index is -1.16. The molecular formula is C22H12ClFN2O5S. The van der Waals surface area contributed by atoms with Gasteiger partial charge in [-0.15, -0.1) is 0 Å². The van der Waals surface area contributed by atoms with Crippen molar-refractivity contribution < 1.29 is 28.3 Å². The third-order valence-corrected chi connectivity index (χ3v) is 5.16. The van der Waals surface area contributed by atoms with Crippen LogP contribution in [0.25, 0.3) is 17.4 Å². The third-order valence-electron chi connectivity index (χ3n) is 4.57. The summed E-state index contributed by atoms with van der Waals surface area (Å²) in [6.07, 6.45) is 1.24. The summed E-state index contributed by atoms with van der Waals surface area (Å²) >= 11 is 11.1. The number of rotatable bonds is 4. The number of nitrogens with one attached hydrogen (secondary N) is 1. The summed E-state index contributed by atoms with van der Waals surface area (Å²) in [5, 5.41) is 11.3. The molecule has 2 N–H and O–H groups in total. The predicted octanol–water partition coefficient (Wildman–Crippen LogP) is 4.27. The molecule has 1 aliphatic rings. The maximum Gasteiger partial charge on any atom is 0.337 e. The van der Waals surface area contributed by atoms with Crippen molar-refractivity contribution in [2.24, 2.45) is 0 Å². The van der Waals surface area contributed by atoms with E-state index in [1.165, 1.54) is 48.5 Å². The van der Waals surface area contributed by atoms with Crippen molar-refractivity contribution in [2.75, 3.05) is 4.90 Å². The molecule has 3 aromatic rings. The van der Waals surface area contributed by atoms with E-state index in [0.29, 0.717) is 11.3 Å². The van der Waals surface area contributed by atoms with Gasteiger partial charge in [-0.25, -0.2) is 9.18 Å². The fourth-order valence-electron chi connectivity index (χ4n) is 3.08. The van der Waals surface area contributed by atoms with Crippen molar-refractivity contribution >= 4 is 58.5 Å². The smallest absolute Gasteiger partial charge is 0.337 e. The van der Waals surface area contributed by atoms with Gasteiger partial charge < -0.3 is 9.52 Å². The Morgan fingerprint density at radius 3 is 2.62 bits per heavy atom. The van der Waals surface area contributed by atoms with E-state index < -0.39 is 23.6 Å². The van der Waals surface area contributed by atoms with Gasteiger partial charge in [0.2, 0.25) is 0 Å². The molecule has 1 fully saturated rings. The van der Waals surface area contributed by atoms with Crippen LogP contribution >= 0.6 is 23.8 Å². The first kappa shape index (κ1) is 21.4. The van der Waals surface area contributed by atoms with Crippen LogP contribution in [-0.4, -0.2) is 28.0 Å². The predicted molar refractivity (Wildman–Crippen MR) is 119 cm³/mol. The van der Waals surface area contributed by atoms with E-state index >= 15 is 0 Å². The molecule has 4 rings (SSSR count). The highest BCUT2D eigenvalue weighted by molar-refractivity contribution is 7.80. The molecular weight excluding hydrogens is 459 g/mol. The van der Waals surface area contributed by atoms with E-state index in [9.17, 15) is 18.8 Å². The minimum Gasteiger partial charge on any atom is -0.478 e. The van der Waals surface area contributed by atoms with Gasteiger partial charge in [0.05, 0.1) is 16.3 Å². The van der Waals surface area contributed by atoms with Crippen LogP contribution in [0.2, 0.25) is 5.02 Å². The van der Waals surface area contributed by atoms with Crippen LogP contribution < -0.4 is 10.2 Å². The molecule has 0 atom stereocenters. The second kappa shape index (κ2) is 8.37. The number of carbonyl (C=O) groups excluding carboxylic acids is 2. The summed E-state index contributed by atoms with van der Waals surface area (Å²) in [7, 11) is 0. The van der Waals surface area contributed by atoms with Crippen molar-refractivity contribution in [1.82, 2.24) is 5.32 Å². The highest BCUT2D eigenvalue weighted by Gasteiger charge is 2.34. The number of thiocarbonyl (C=S) groups is 1. The van der Waals surface area contributed by atoms with Crippen molar-refractivity contribution in [1.29, 1.82) is 0 Å². The second-order valence-corrected chi connectivity index (χ2v) is 7.43. The summed E-state index contributed by atoms with van der Waals surface area (Å²) in [6, 6.07) is 12.6. The molecule has 10 heteroatoms. The second-order valence-electron chi connectivity index (χ2n) is 6.64. The number of carboxylic acids is 1. The zero-order valence-electron chi connectivity index (χ0n) is 16.0. The van der Waals surface area contributed by atoms with Crippen LogP contribution in [0, 0.1) is 5.82 Å². The van der Waals surface area contributed by atoms with Gasteiger partial charge in [0, 0.05) is 5.56 Å². The van der Waals surface area contributed by atoms with Gasteiger partial charge in [0.1, 0.15) is 22.9 Å². The summed E-state index contributed by atoms with van der Waals surface area (Å²) < 4.78 is 19.3. The molecule has 0 aliphatic carbocycles. The Balaban J connectivity index is 1.66. The van der Waals surface area contributed by atoms with Crippen molar-refractivity contribution in [2.45, 2.75) is 0 Å². The van der Waals surface area contributed by atoms with Gasteiger partial charge in [-0.1, -0.05) is 23.7 Å². The van der Waals surface area contributed by atoms with E-state index in [1.54, 1.807) is 6.07 Å². The van der Waals surface area contributed by atoms with Crippen molar-refractivity contribution in [3.63, 3.8) is 0 Å². The SMILES string of the molecule is O=C1NC(=S)N(c2cccc(F)c2)C(=O)/C1=C/c1ccc(-c2ccc(C(=O)O)c(Cl)c2)o1. The number of anilines is 1. The highest BCUT2D eigenvalue weighted by atomic mass is 35.5. The Morgan fingerprint density at radius 2 is 1.94 bits per heavy atom. The standard InChI is InChI=1S/C22H12ClFN2O5S/c23-17-8-11(4-6-15(17)21(29)30)18-7-5-14(31-18)10-16-19(27)25-22(32)26(20(16)28)13-3-1-2-12(24)9-13/h1-10H,(H,29,30)(H,25,27,32)/b16-10+. The number of halogens is 2. The van der Waals surface area contributed by atoms with Crippen LogP contribution in [-0.2, 0) is 9.59 Å². The number of carbonyl (C=O) groups is 3. The molecule has 0 radical (unpaired) electrons. The van der Waals surface area contributed by atoms with Crippen LogP contribution in [0.4, 0.5) is 10.1 Å². The first-order chi connectivity index (χ1) is 15.2. The minimum absolute atomic E-state index is 0.0346. The Hall–Kier alpha value is -3.82. The lowest BCUT2D eigenvalue weighted by molar-refractivity contribution is -0.122. The number of benzene rings is 2. The fraction of sp³-hybridized carbons (Fsp3) is 0. The summed E-state index contributed by atoms with van der Waals surface area (Å²) in [4.78, 5) is 37.5. The molecule has 1 saturated heterocycles. The third kappa shape index (κ3) is 4.03. The maximum absolute atomic E-state index is 13.6. The number of amides is 2. The molecule has 2 amide bonds.